The minimum Gasteiger partial charge on any atom is -0.348 e. The zero-order valence-electron chi connectivity index (χ0n) is 9.31. The Morgan fingerprint density at radius 3 is 2.54 bits per heavy atom. The van der Waals surface area contributed by atoms with E-state index in [4.69, 9.17) is 4.74 Å². The van der Waals surface area contributed by atoms with Gasteiger partial charge in [-0.1, -0.05) is 6.92 Å². The predicted octanol–water partition coefficient (Wildman–Crippen LogP) is 2.59. The highest BCUT2D eigenvalue weighted by molar-refractivity contribution is 8.00. The van der Waals surface area contributed by atoms with Crippen LogP contribution in [0.3, 0.4) is 0 Å². The zero-order chi connectivity index (χ0) is 10.1. The molecule has 0 bridgehead atoms. The molecule has 0 aromatic rings. The van der Waals surface area contributed by atoms with Gasteiger partial charge in [-0.05, 0) is 39.9 Å². The molecule has 0 amide bonds. The molecule has 1 heterocycles. The Balaban J connectivity index is 2.66. The number of ether oxygens (including phenoxy) is 1. The van der Waals surface area contributed by atoms with Crippen molar-refractivity contribution in [3.05, 3.63) is 0 Å². The van der Waals surface area contributed by atoms with E-state index >= 15 is 0 Å². The van der Waals surface area contributed by atoms with Crippen molar-refractivity contribution in [3.8, 4) is 0 Å². The van der Waals surface area contributed by atoms with Gasteiger partial charge in [0, 0.05) is 5.54 Å². The van der Waals surface area contributed by atoms with E-state index in [0.29, 0.717) is 6.10 Å². The van der Waals surface area contributed by atoms with Gasteiger partial charge in [0.15, 0.2) is 5.06 Å². The van der Waals surface area contributed by atoms with Gasteiger partial charge in [-0.2, -0.15) is 0 Å². The molecule has 0 aliphatic carbocycles. The second-order valence-corrected chi connectivity index (χ2v) is 6.17. The summed E-state index contributed by atoms with van der Waals surface area (Å²) in [5.74, 6) is 1.08. The molecule has 2 atom stereocenters. The highest BCUT2D eigenvalue weighted by Crippen LogP contribution is 2.34. The van der Waals surface area contributed by atoms with Crippen molar-refractivity contribution < 1.29 is 4.74 Å². The predicted molar refractivity (Wildman–Crippen MR) is 58.9 cm³/mol. The minimum absolute atomic E-state index is 0.189. The Labute approximate surface area is 85.8 Å². The van der Waals surface area contributed by atoms with Gasteiger partial charge in [0.1, 0.15) is 0 Å². The smallest absolute Gasteiger partial charge is 0.165 e. The van der Waals surface area contributed by atoms with E-state index in [1.165, 1.54) is 0 Å². The molecule has 0 spiro atoms. The summed E-state index contributed by atoms with van der Waals surface area (Å²) < 4.78 is 5.90. The van der Waals surface area contributed by atoms with E-state index in [0.717, 1.165) is 12.2 Å². The SMILES string of the molecule is CCSC1(C)NC(C)(C)CC(C)O1. The number of rotatable bonds is 2. The van der Waals surface area contributed by atoms with Crippen LogP contribution < -0.4 is 5.32 Å². The van der Waals surface area contributed by atoms with Crippen LogP contribution in [-0.4, -0.2) is 22.5 Å². The topological polar surface area (TPSA) is 21.3 Å². The summed E-state index contributed by atoms with van der Waals surface area (Å²) in [6.07, 6.45) is 1.42. The molecule has 0 aromatic heterocycles. The molecule has 78 valence electrons. The Bertz CT molecular complexity index is 184. The first-order valence-corrected chi connectivity index (χ1v) is 5.96. The molecule has 1 saturated heterocycles. The standard InChI is InChI=1S/C10H21NOS/c1-6-13-10(5)11-9(3,4)7-8(2)12-10/h8,11H,6-7H2,1-5H3. The van der Waals surface area contributed by atoms with Gasteiger partial charge in [-0.25, -0.2) is 0 Å². The van der Waals surface area contributed by atoms with Gasteiger partial charge in [0.25, 0.3) is 0 Å². The third-order valence-electron chi connectivity index (χ3n) is 2.21. The second kappa shape index (κ2) is 3.79. The van der Waals surface area contributed by atoms with Crippen molar-refractivity contribution in [2.24, 2.45) is 0 Å². The number of hydrogen-bond donors (Lipinski definition) is 1. The maximum atomic E-state index is 5.90. The van der Waals surface area contributed by atoms with E-state index in [1.54, 1.807) is 0 Å². The zero-order valence-corrected chi connectivity index (χ0v) is 10.1. The largest absolute Gasteiger partial charge is 0.348 e. The highest BCUT2D eigenvalue weighted by Gasteiger charge is 2.39. The van der Waals surface area contributed by atoms with Crippen LogP contribution in [0.5, 0.6) is 0 Å². The lowest BCUT2D eigenvalue weighted by molar-refractivity contribution is -0.0992. The summed E-state index contributed by atoms with van der Waals surface area (Å²) in [7, 11) is 0. The van der Waals surface area contributed by atoms with Gasteiger partial charge in [0.05, 0.1) is 6.10 Å². The van der Waals surface area contributed by atoms with Crippen LogP contribution in [0.2, 0.25) is 0 Å². The summed E-state index contributed by atoms with van der Waals surface area (Å²) in [5.41, 5.74) is 0.189. The maximum absolute atomic E-state index is 5.90. The highest BCUT2D eigenvalue weighted by atomic mass is 32.2. The molecule has 1 aliphatic heterocycles. The Hall–Kier alpha value is 0.270. The first-order valence-electron chi connectivity index (χ1n) is 4.98. The van der Waals surface area contributed by atoms with Crippen molar-refractivity contribution in [2.75, 3.05) is 5.75 Å². The van der Waals surface area contributed by atoms with Crippen LogP contribution in [0.15, 0.2) is 0 Å². The van der Waals surface area contributed by atoms with Gasteiger partial charge in [-0.15, -0.1) is 11.8 Å². The summed E-state index contributed by atoms with van der Waals surface area (Å²) >= 11 is 1.83. The quantitative estimate of drug-likeness (QED) is 0.745. The van der Waals surface area contributed by atoms with Crippen molar-refractivity contribution in [3.63, 3.8) is 0 Å². The molecule has 1 rings (SSSR count). The maximum Gasteiger partial charge on any atom is 0.165 e. The molecule has 1 fully saturated rings. The fourth-order valence-corrected chi connectivity index (χ4v) is 3.32. The summed E-state index contributed by atoms with van der Waals surface area (Å²) in [6, 6.07) is 0. The molecule has 0 saturated carbocycles. The summed E-state index contributed by atoms with van der Waals surface area (Å²) in [5, 5.41) is 3.34. The summed E-state index contributed by atoms with van der Waals surface area (Å²) in [6.45, 7) is 10.9. The van der Waals surface area contributed by atoms with Gasteiger partial charge >= 0.3 is 0 Å². The third-order valence-corrected chi connectivity index (χ3v) is 3.25. The lowest BCUT2D eigenvalue weighted by Gasteiger charge is -2.46. The second-order valence-electron chi connectivity index (χ2n) is 4.52. The average Bonchev–Trinajstić information content (AvgIpc) is 1.78. The molecule has 2 nitrogen and oxygen atoms in total. The van der Waals surface area contributed by atoms with Crippen molar-refractivity contribution in [2.45, 2.75) is 57.7 Å². The molecule has 1 N–H and O–H groups in total. The molecular formula is C10H21NOS. The Morgan fingerprint density at radius 1 is 1.46 bits per heavy atom. The number of hydrogen-bond acceptors (Lipinski definition) is 3. The average molecular weight is 203 g/mol. The normalized spacial score (nSPS) is 39.0. The van der Waals surface area contributed by atoms with Gasteiger partial charge in [0.2, 0.25) is 0 Å². The van der Waals surface area contributed by atoms with Crippen LogP contribution in [0.4, 0.5) is 0 Å². The number of nitrogens with one attached hydrogen (secondary N) is 1. The third kappa shape index (κ3) is 3.15. The van der Waals surface area contributed by atoms with Crippen LogP contribution in [0, 0.1) is 0 Å². The van der Waals surface area contributed by atoms with Crippen LogP contribution >= 0.6 is 11.8 Å². The van der Waals surface area contributed by atoms with E-state index in [-0.39, 0.29) is 10.6 Å². The van der Waals surface area contributed by atoms with Crippen molar-refractivity contribution in [1.82, 2.24) is 5.32 Å². The molecule has 0 radical (unpaired) electrons. The van der Waals surface area contributed by atoms with Crippen LogP contribution in [0.25, 0.3) is 0 Å². The van der Waals surface area contributed by atoms with Crippen molar-refractivity contribution >= 4 is 11.8 Å². The Kier molecular flexibility index (Phi) is 3.31. The lowest BCUT2D eigenvalue weighted by atomic mass is 9.95. The monoisotopic (exact) mass is 203 g/mol. The molecular weight excluding hydrogens is 182 g/mol. The van der Waals surface area contributed by atoms with Crippen molar-refractivity contribution in [1.29, 1.82) is 0 Å². The fraction of sp³-hybridized carbons (Fsp3) is 1.00. The van der Waals surface area contributed by atoms with E-state index in [9.17, 15) is 0 Å². The molecule has 0 aromatic carbocycles. The van der Waals surface area contributed by atoms with Crippen LogP contribution in [-0.2, 0) is 4.74 Å². The van der Waals surface area contributed by atoms with Gasteiger partial charge in [-0.3, -0.25) is 5.32 Å². The minimum atomic E-state index is -0.198. The molecule has 13 heavy (non-hydrogen) atoms. The first kappa shape index (κ1) is 11.3. The molecule has 3 heteroatoms. The van der Waals surface area contributed by atoms with E-state index < -0.39 is 0 Å². The lowest BCUT2D eigenvalue weighted by Crippen LogP contribution is -2.60. The van der Waals surface area contributed by atoms with E-state index in [1.807, 2.05) is 11.8 Å². The van der Waals surface area contributed by atoms with Crippen LogP contribution in [0.1, 0.15) is 41.0 Å². The van der Waals surface area contributed by atoms with E-state index in [2.05, 4.69) is 39.9 Å². The Morgan fingerprint density at radius 2 is 2.08 bits per heavy atom. The molecule has 2 unspecified atom stereocenters. The first-order chi connectivity index (χ1) is 5.87. The molecule has 1 aliphatic rings. The number of thioether (sulfide) groups is 1. The van der Waals surface area contributed by atoms with Gasteiger partial charge < -0.3 is 4.74 Å². The fourth-order valence-electron chi connectivity index (χ4n) is 2.18. The summed E-state index contributed by atoms with van der Waals surface area (Å²) in [4.78, 5) is 0.